The maximum absolute atomic E-state index is 12.4. The van der Waals surface area contributed by atoms with Gasteiger partial charge in [-0.3, -0.25) is 4.84 Å². The highest BCUT2D eigenvalue weighted by atomic mass is 35.5. The molecule has 2 N–H and O–H groups in total. The SMILES string of the molecule is COCCOCOc1cc(C(ONC(c2ccccc2)c2ccccc2)C(=O)O)c(Cl)c(Cl)c1OCOCCOC. The normalized spacial score (nSPS) is 11.9. The Bertz CT molecular complexity index is 1160. The van der Waals surface area contributed by atoms with Crippen LogP contribution in [0.4, 0.5) is 0 Å². The van der Waals surface area contributed by atoms with Crippen LogP contribution in [0, 0.1) is 0 Å². The number of carboxylic acids is 1. The van der Waals surface area contributed by atoms with Crippen molar-refractivity contribution >= 4 is 29.2 Å². The van der Waals surface area contributed by atoms with E-state index in [1.165, 1.54) is 6.07 Å². The van der Waals surface area contributed by atoms with Crippen molar-refractivity contribution < 1.29 is 43.2 Å². The molecule has 1 atom stereocenters. The summed E-state index contributed by atoms with van der Waals surface area (Å²) in [5.41, 5.74) is 4.67. The quantitative estimate of drug-likeness (QED) is 0.104. The number of nitrogens with one attached hydrogen (secondary N) is 1. The number of hydroxylamine groups is 1. The highest BCUT2D eigenvalue weighted by molar-refractivity contribution is 6.43. The van der Waals surface area contributed by atoms with Crippen LogP contribution in [0.3, 0.4) is 0 Å². The van der Waals surface area contributed by atoms with Gasteiger partial charge < -0.3 is 33.5 Å². The van der Waals surface area contributed by atoms with E-state index in [2.05, 4.69) is 5.48 Å². The van der Waals surface area contributed by atoms with Gasteiger partial charge in [-0.15, -0.1) is 0 Å². The summed E-state index contributed by atoms with van der Waals surface area (Å²) < 4.78 is 32.1. The molecule has 0 amide bonds. The van der Waals surface area contributed by atoms with Crippen molar-refractivity contribution in [2.75, 3.05) is 54.2 Å². The van der Waals surface area contributed by atoms with Crippen molar-refractivity contribution in [1.82, 2.24) is 5.48 Å². The number of rotatable bonds is 19. The average molecular weight is 610 g/mol. The largest absolute Gasteiger partial charge is 0.479 e. The Hall–Kier alpha value is -2.93. The molecular formula is C29H33Cl2NO9. The summed E-state index contributed by atoms with van der Waals surface area (Å²) in [4.78, 5) is 18.2. The van der Waals surface area contributed by atoms with Gasteiger partial charge in [0.25, 0.3) is 0 Å². The maximum atomic E-state index is 12.4. The number of hydrogen-bond acceptors (Lipinski definition) is 9. The molecular weight excluding hydrogens is 577 g/mol. The summed E-state index contributed by atoms with van der Waals surface area (Å²) in [6, 6.07) is 19.8. The smallest absolute Gasteiger partial charge is 0.339 e. The van der Waals surface area contributed by atoms with E-state index in [1.54, 1.807) is 14.2 Å². The first-order valence-electron chi connectivity index (χ1n) is 12.6. The summed E-state index contributed by atoms with van der Waals surface area (Å²) in [5, 5.41) is 9.98. The number of carbonyl (C=O) groups is 1. The topological polar surface area (TPSA) is 114 Å². The Kier molecular flexibility index (Phi) is 14.1. The van der Waals surface area contributed by atoms with Gasteiger partial charge in [0.1, 0.15) is 5.02 Å². The summed E-state index contributed by atoms with van der Waals surface area (Å²) in [6.45, 7) is 0.897. The third-order valence-electron chi connectivity index (χ3n) is 5.68. The van der Waals surface area contributed by atoms with E-state index < -0.39 is 18.1 Å². The molecule has 0 saturated heterocycles. The molecule has 0 spiro atoms. The number of halogens is 2. The van der Waals surface area contributed by atoms with E-state index in [-0.39, 0.29) is 53.9 Å². The van der Waals surface area contributed by atoms with Crippen LogP contribution in [0.15, 0.2) is 66.7 Å². The zero-order valence-electron chi connectivity index (χ0n) is 22.7. The van der Waals surface area contributed by atoms with Gasteiger partial charge >= 0.3 is 5.97 Å². The Balaban J connectivity index is 1.89. The molecule has 0 saturated carbocycles. The molecule has 3 rings (SSSR count). The summed E-state index contributed by atoms with van der Waals surface area (Å²) in [6.07, 6.45) is -1.57. The summed E-state index contributed by atoms with van der Waals surface area (Å²) in [5.74, 6) is -1.18. The second-order valence-electron chi connectivity index (χ2n) is 8.46. The molecule has 1 unspecified atom stereocenters. The first-order valence-corrected chi connectivity index (χ1v) is 13.4. The summed E-state index contributed by atoms with van der Waals surface area (Å²) >= 11 is 13.1. The second-order valence-corrected chi connectivity index (χ2v) is 9.21. The predicted octanol–water partition coefficient (Wildman–Crippen LogP) is 5.43. The van der Waals surface area contributed by atoms with Gasteiger partial charge in [0.05, 0.1) is 37.5 Å². The van der Waals surface area contributed by atoms with Gasteiger partial charge in [0.15, 0.2) is 25.1 Å². The van der Waals surface area contributed by atoms with Crippen LogP contribution in [0.1, 0.15) is 28.8 Å². The molecule has 3 aromatic carbocycles. The highest BCUT2D eigenvalue weighted by Crippen LogP contribution is 2.45. The van der Waals surface area contributed by atoms with Crippen molar-refractivity contribution in [1.29, 1.82) is 0 Å². The number of ether oxygens (including phenoxy) is 6. The fraction of sp³-hybridized carbons (Fsp3) is 0.345. The van der Waals surface area contributed by atoms with Gasteiger partial charge in [-0.2, -0.15) is 5.48 Å². The number of benzene rings is 3. The molecule has 0 heterocycles. The predicted molar refractivity (Wildman–Crippen MR) is 152 cm³/mol. The molecule has 0 radical (unpaired) electrons. The highest BCUT2D eigenvalue weighted by Gasteiger charge is 2.30. The lowest BCUT2D eigenvalue weighted by molar-refractivity contribution is -0.158. The van der Waals surface area contributed by atoms with Crippen molar-refractivity contribution in [2.24, 2.45) is 0 Å². The lowest BCUT2D eigenvalue weighted by Crippen LogP contribution is -2.29. The Labute approximate surface area is 248 Å². The molecule has 10 nitrogen and oxygen atoms in total. The second kappa shape index (κ2) is 17.8. The molecule has 0 fully saturated rings. The van der Waals surface area contributed by atoms with Crippen LogP contribution in [-0.2, 0) is 28.6 Å². The minimum absolute atomic E-state index is 0.0380. The zero-order valence-corrected chi connectivity index (χ0v) is 24.2. The van der Waals surface area contributed by atoms with Crippen LogP contribution in [0.5, 0.6) is 11.5 Å². The van der Waals surface area contributed by atoms with E-state index >= 15 is 0 Å². The van der Waals surface area contributed by atoms with Crippen molar-refractivity contribution in [3.63, 3.8) is 0 Å². The number of methoxy groups -OCH3 is 2. The summed E-state index contributed by atoms with van der Waals surface area (Å²) in [7, 11) is 3.10. The fourth-order valence-electron chi connectivity index (χ4n) is 3.65. The van der Waals surface area contributed by atoms with Crippen molar-refractivity contribution in [2.45, 2.75) is 12.1 Å². The Morgan fingerprint density at radius 1 is 0.805 bits per heavy atom. The molecule has 0 aliphatic heterocycles. The first kappa shape index (κ1) is 32.6. The Morgan fingerprint density at radius 2 is 1.34 bits per heavy atom. The van der Waals surface area contributed by atoms with Gasteiger partial charge in [0.2, 0.25) is 6.10 Å². The molecule has 0 aliphatic rings. The molecule has 12 heteroatoms. The fourth-order valence-corrected chi connectivity index (χ4v) is 4.14. The standard InChI is InChI=1S/C29H33Cl2NO9/c1-35-13-15-37-18-39-23-17-22(24(30)25(31)28(23)40-19-38-16-14-36-2)27(29(33)34)41-32-26(20-9-5-3-6-10-20)21-11-7-4-8-12-21/h3-12,17,26-27,32H,13-16,18-19H2,1-2H3,(H,33,34). The third-order valence-corrected chi connectivity index (χ3v) is 6.54. The van der Waals surface area contributed by atoms with Gasteiger partial charge in [-0.25, -0.2) is 4.79 Å². The maximum Gasteiger partial charge on any atom is 0.339 e. The van der Waals surface area contributed by atoms with E-state index in [4.69, 9.17) is 56.5 Å². The number of aliphatic carboxylic acids is 1. The molecule has 41 heavy (non-hydrogen) atoms. The lowest BCUT2D eigenvalue weighted by Gasteiger charge is -2.24. The van der Waals surface area contributed by atoms with Crippen LogP contribution >= 0.6 is 23.2 Å². The molecule has 222 valence electrons. The molecule has 0 aliphatic carbocycles. The van der Waals surface area contributed by atoms with Crippen molar-refractivity contribution in [3.05, 3.63) is 93.5 Å². The van der Waals surface area contributed by atoms with Gasteiger partial charge in [-0.05, 0) is 17.2 Å². The van der Waals surface area contributed by atoms with Crippen LogP contribution < -0.4 is 15.0 Å². The first-order chi connectivity index (χ1) is 20.0. The monoisotopic (exact) mass is 609 g/mol. The Morgan fingerprint density at radius 3 is 1.85 bits per heavy atom. The van der Waals surface area contributed by atoms with E-state index in [9.17, 15) is 9.90 Å². The van der Waals surface area contributed by atoms with Crippen LogP contribution in [0.25, 0.3) is 0 Å². The van der Waals surface area contributed by atoms with Gasteiger partial charge in [0, 0.05) is 19.8 Å². The number of carboxylic acid groups (broad SMARTS) is 1. The van der Waals surface area contributed by atoms with Crippen LogP contribution in [-0.4, -0.2) is 65.3 Å². The molecule has 3 aromatic rings. The van der Waals surface area contributed by atoms with E-state index in [0.717, 1.165) is 11.1 Å². The van der Waals surface area contributed by atoms with Gasteiger partial charge in [-0.1, -0.05) is 83.9 Å². The minimum atomic E-state index is -1.57. The van der Waals surface area contributed by atoms with Crippen LogP contribution in [0.2, 0.25) is 10.0 Å². The minimum Gasteiger partial charge on any atom is -0.479 e. The molecule has 0 aromatic heterocycles. The van der Waals surface area contributed by atoms with E-state index in [1.807, 2.05) is 60.7 Å². The molecule has 0 bridgehead atoms. The third kappa shape index (κ3) is 9.84. The van der Waals surface area contributed by atoms with E-state index in [0.29, 0.717) is 13.2 Å². The van der Waals surface area contributed by atoms with Crippen molar-refractivity contribution in [3.8, 4) is 11.5 Å². The number of hydrogen-bond donors (Lipinski definition) is 2. The lowest BCUT2D eigenvalue weighted by atomic mass is 10.00. The average Bonchev–Trinajstić information content (AvgIpc) is 2.99. The zero-order chi connectivity index (χ0) is 29.5.